The predicted octanol–water partition coefficient (Wildman–Crippen LogP) is 2.74. The first-order valence-electron chi connectivity index (χ1n) is 10.4. The van der Waals surface area contributed by atoms with E-state index in [9.17, 15) is 9.90 Å². The van der Waals surface area contributed by atoms with Gasteiger partial charge in [-0.3, -0.25) is 9.48 Å². The largest absolute Gasteiger partial charge is 0.392 e. The molecule has 3 aromatic heterocycles. The Kier molecular flexibility index (Phi) is 5.62. The minimum absolute atomic E-state index is 0.0760. The van der Waals surface area contributed by atoms with E-state index in [1.165, 1.54) is 0 Å². The van der Waals surface area contributed by atoms with Gasteiger partial charge >= 0.3 is 0 Å². The van der Waals surface area contributed by atoms with Crippen LogP contribution >= 0.6 is 0 Å². The molecule has 0 aliphatic heterocycles. The summed E-state index contributed by atoms with van der Waals surface area (Å²) in [6.45, 7) is 4.82. The fourth-order valence-corrected chi connectivity index (χ4v) is 4.22. The van der Waals surface area contributed by atoms with Gasteiger partial charge < -0.3 is 10.4 Å². The Labute approximate surface area is 170 Å². The number of aromatic nitrogens is 5. The third-order valence-corrected chi connectivity index (χ3v) is 5.96. The van der Waals surface area contributed by atoms with Crippen molar-refractivity contribution in [1.29, 1.82) is 0 Å². The Morgan fingerprint density at radius 1 is 1.31 bits per heavy atom. The second-order valence-corrected chi connectivity index (χ2v) is 7.99. The van der Waals surface area contributed by atoms with Gasteiger partial charge in [0.25, 0.3) is 5.91 Å². The van der Waals surface area contributed by atoms with Gasteiger partial charge in [-0.05, 0) is 43.7 Å². The Hall–Kier alpha value is -2.74. The SMILES string of the molecule is CCn1nccc1C(=O)N[C@H](c1cn2ncc(CO)cc2n1)C1CCC(C)CC1. The predicted molar refractivity (Wildman–Crippen MR) is 108 cm³/mol. The van der Waals surface area contributed by atoms with E-state index in [4.69, 9.17) is 4.98 Å². The molecule has 1 amide bonds. The maximum Gasteiger partial charge on any atom is 0.270 e. The number of aliphatic hydroxyl groups excluding tert-OH is 1. The molecule has 8 heteroatoms. The molecule has 1 saturated carbocycles. The molecule has 3 aromatic rings. The van der Waals surface area contributed by atoms with Crippen molar-refractivity contribution in [2.24, 2.45) is 11.8 Å². The molecular formula is C21H28N6O2. The van der Waals surface area contributed by atoms with Crippen LogP contribution in [0.4, 0.5) is 0 Å². The molecule has 8 nitrogen and oxygen atoms in total. The van der Waals surface area contributed by atoms with Gasteiger partial charge in [0.05, 0.1) is 30.7 Å². The van der Waals surface area contributed by atoms with Crippen molar-refractivity contribution in [3.05, 3.63) is 47.7 Å². The zero-order valence-electron chi connectivity index (χ0n) is 17.0. The van der Waals surface area contributed by atoms with Crippen LogP contribution in [0.3, 0.4) is 0 Å². The summed E-state index contributed by atoms with van der Waals surface area (Å²) in [4.78, 5) is 17.8. The standard InChI is InChI=1S/C21H28N6O2/c1-3-26-18(8-9-22-26)21(29)25-20(16-6-4-14(2)5-7-16)17-12-27-19(24-17)10-15(13-28)11-23-27/h8-12,14,16,20,28H,3-7,13H2,1-2H3,(H,25,29)/t14?,16?,20-/m0/s1. The highest BCUT2D eigenvalue weighted by atomic mass is 16.3. The number of nitrogens with zero attached hydrogens (tertiary/aromatic N) is 5. The Morgan fingerprint density at radius 3 is 2.83 bits per heavy atom. The van der Waals surface area contributed by atoms with Gasteiger partial charge in [-0.15, -0.1) is 0 Å². The number of fused-ring (bicyclic) bond motifs is 1. The molecule has 0 bridgehead atoms. The number of nitrogens with one attached hydrogen (secondary N) is 1. The van der Waals surface area contributed by atoms with Crippen molar-refractivity contribution in [2.75, 3.05) is 0 Å². The molecule has 1 aliphatic carbocycles. The van der Waals surface area contributed by atoms with E-state index in [0.717, 1.165) is 37.3 Å². The van der Waals surface area contributed by atoms with Crippen LogP contribution in [0.25, 0.3) is 5.65 Å². The number of carbonyl (C=O) groups excluding carboxylic acids is 1. The van der Waals surface area contributed by atoms with Gasteiger partial charge in [0.1, 0.15) is 5.69 Å². The Bertz CT molecular complexity index is 986. The van der Waals surface area contributed by atoms with Crippen LogP contribution in [0.2, 0.25) is 0 Å². The number of aliphatic hydroxyl groups is 1. The highest BCUT2D eigenvalue weighted by Crippen LogP contribution is 2.36. The summed E-state index contributed by atoms with van der Waals surface area (Å²) in [5, 5.41) is 21.2. The zero-order valence-corrected chi connectivity index (χ0v) is 17.0. The topological polar surface area (TPSA) is 97.3 Å². The van der Waals surface area contributed by atoms with Crippen molar-refractivity contribution in [3.63, 3.8) is 0 Å². The van der Waals surface area contributed by atoms with Crippen molar-refractivity contribution in [2.45, 2.75) is 58.7 Å². The quantitative estimate of drug-likeness (QED) is 0.668. The highest BCUT2D eigenvalue weighted by molar-refractivity contribution is 5.92. The van der Waals surface area contributed by atoms with Gasteiger partial charge in [0, 0.05) is 18.3 Å². The number of carbonyl (C=O) groups is 1. The fourth-order valence-electron chi connectivity index (χ4n) is 4.22. The summed E-state index contributed by atoms with van der Waals surface area (Å²) in [5.41, 5.74) is 2.76. The second-order valence-electron chi connectivity index (χ2n) is 7.99. The van der Waals surface area contributed by atoms with Crippen LogP contribution < -0.4 is 5.32 Å². The third-order valence-electron chi connectivity index (χ3n) is 5.96. The Morgan fingerprint density at radius 2 is 2.10 bits per heavy atom. The van der Waals surface area contributed by atoms with E-state index in [-0.39, 0.29) is 18.6 Å². The minimum atomic E-state index is -0.186. The first-order valence-corrected chi connectivity index (χ1v) is 10.4. The average molecular weight is 396 g/mol. The van der Waals surface area contributed by atoms with Crippen LogP contribution in [0.1, 0.15) is 67.3 Å². The van der Waals surface area contributed by atoms with Gasteiger partial charge in [-0.25, -0.2) is 9.50 Å². The zero-order chi connectivity index (χ0) is 20.4. The molecule has 0 aromatic carbocycles. The van der Waals surface area contributed by atoms with Crippen LogP contribution in [0, 0.1) is 11.8 Å². The molecule has 154 valence electrons. The molecule has 3 heterocycles. The molecule has 1 atom stereocenters. The van der Waals surface area contributed by atoms with Crippen LogP contribution in [0.15, 0.2) is 30.7 Å². The smallest absolute Gasteiger partial charge is 0.270 e. The maximum atomic E-state index is 13.0. The van der Waals surface area contributed by atoms with Crippen LogP contribution in [0.5, 0.6) is 0 Å². The lowest BCUT2D eigenvalue weighted by Crippen LogP contribution is -2.36. The second kappa shape index (κ2) is 8.32. The lowest BCUT2D eigenvalue weighted by molar-refractivity contribution is 0.0895. The molecule has 1 aliphatic rings. The number of amides is 1. The van der Waals surface area contributed by atoms with E-state index in [1.54, 1.807) is 27.7 Å². The van der Waals surface area contributed by atoms with Gasteiger partial charge in [-0.1, -0.05) is 19.8 Å². The van der Waals surface area contributed by atoms with Gasteiger partial charge in [0.2, 0.25) is 0 Å². The monoisotopic (exact) mass is 396 g/mol. The third kappa shape index (κ3) is 4.03. The van der Waals surface area contributed by atoms with Crippen molar-refractivity contribution < 1.29 is 9.90 Å². The summed E-state index contributed by atoms with van der Waals surface area (Å²) >= 11 is 0. The molecule has 1 fully saturated rings. The van der Waals surface area contributed by atoms with Crippen molar-refractivity contribution in [3.8, 4) is 0 Å². The lowest BCUT2D eigenvalue weighted by Gasteiger charge is -2.32. The van der Waals surface area contributed by atoms with Crippen molar-refractivity contribution in [1.82, 2.24) is 29.7 Å². The Balaban J connectivity index is 1.65. The van der Waals surface area contributed by atoms with Gasteiger partial charge in [0.15, 0.2) is 5.65 Å². The van der Waals surface area contributed by atoms with Crippen LogP contribution in [-0.4, -0.2) is 35.4 Å². The highest BCUT2D eigenvalue weighted by Gasteiger charge is 2.31. The average Bonchev–Trinajstić information content (AvgIpc) is 3.38. The normalized spacial score (nSPS) is 20.7. The number of hydrogen-bond acceptors (Lipinski definition) is 5. The number of aryl methyl sites for hydroxylation is 1. The molecule has 29 heavy (non-hydrogen) atoms. The van der Waals surface area contributed by atoms with E-state index in [0.29, 0.717) is 29.4 Å². The fraction of sp³-hybridized carbons (Fsp3) is 0.524. The summed E-state index contributed by atoms with van der Waals surface area (Å²) in [7, 11) is 0. The summed E-state index contributed by atoms with van der Waals surface area (Å²) in [6, 6.07) is 3.39. The van der Waals surface area contributed by atoms with E-state index in [2.05, 4.69) is 22.4 Å². The number of hydrogen-bond donors (Lipinski definition) is 2. The summed E-state index contributed by atoms with van der Waals surface area (Å²) in [6.07, 6.45) is 9.60. The minimum Gasteiger partial charge on any atom is -0.392 e. The molecule has 0 saturated heterocycles. The molecule has 0 radical (unpaired) electrons. The number of imidazole rings is 1. The molecule has 0 unspecified atom stereocenters. The van der Waals surface area contributed by atoms with E-state index >= 15 is 0 Å². The van der Waals surface area contributed by atoms with Gasteiger partial charge in [-0.2, -0.15) is 10.2 Å². The van der Waals surface area contributed by atoms with E-state index < -0.39 is 0 Å². The molecule has 0 spiro atoms. The molecular weight excluding hydrogens is 368 g/mol. The summed E-state index contributed by atoms with van der Waals surface area (Å²) in [5.74, 6) is 0.920. The molecule has 2 N–H and O–H groups in total. The molecule has 4 rings (SSSR count). The lowest BCUT2D eigenvalue weighted by atomic mass is 9.78. The van der Waals surface area contributed by atoms with Crippen molar-refractivity contribution >= 4 is 11.6 Å². The van der Waals surface area contributed by atoms with E-state index in [1.807, 2.05) is 19.2 Å². The first-order chi connectivity index (χ1) is 14.1. The summed E-state index contributed by atoms with van der Waals surface area (Å²) < 4.78 is 3.41. The number of rotatable bonds is 6. The first kappa shape index (κ1) is 19.6. The van der Waals surface area contributed by atoms with Crippen LogP contribution in [-0.2, 0) is 13.2 Å². The maximum absolute atomic E-state index is 13.0.